The fourth-order valence-corrected chi connectivity index (χ4v) is 3.57. The van der Waals surface area contributed by atoms with Gasteiger partial charge in [-0.05, 0) is 42.2 Å². The Hall–Kier alpha value is -2.22. The number of nitrogens with one attached hydrogen (secondary N) is 1. The molecule has 1 N–H and O–H groups in total. The molecule has 0 saturated carbocycles. The van der Waals surface area contributed by atoms with Crippen LogP contribution in [0, 0.1) is 10.1 Å². The lowest BCUT2D eigenvalue weighted by Crippen LogP contribution is -2.33. The normalized spacial score (nSPS) is 25.3. The van der Waals surface area contributed by atoms with Crippen LogP contribution in [0.25, 0.3) is 11.0 Å². The SMILES string of the molecule is O=[N+]([O-])c1ccc(NC2CCN3CCCC23)c2nonc12. The molecule has 3 heterocycles. The zero-order valence-electron chi connectivity index (χ0n) is 11.4. The van der Waals surface area contributed by atoms with E-state index in [1.54, 1.807) is 6.07 Å². The summed E-state index contributed by atoms with van der Waals surface area (Å²) in [4.78, 5) is 13.0. The molecule has 2 aromatic rings. The highest BCUT2D eigenvalue weighted by molar-refractivity contribution is 5.93. The van der Waals surface area contributed by atoms with Gasteiger partial charge >= 0.3 is 5.69 Å². The zero-order chi connectivity index (χ0) is 14.4. The van der Waals surface area contributed by atoms with Gasteiger partial charge in [0.2, 0.25) is 5.52 Å². The van der Waals surface area contributed by atoms with Gasteiger partial charge in [0.1, 0.15) is 0 Å². The van der Waals surface area contributed by atoms with Crippen LogP contribution in [0.5, 0.6) is 0 Å². The van der Waals surface area contributed by atoms with Crippen LogP contribution < -0.4 is 5.32 Å². The predicted octanol–water partition coefficient (Wildman–Crippen LogP) is 1.78. The third-order valence-electron chi connectivity index (χ3n) is 4.54. The second-order valence-corrected chi connectivity index (χ2v) is 5.64. The van der Waals surface area contributed by atoms with Crippen molar-refractivity contribution in [2.45, 2.75) is 31.3 Å². The van der Waals surface area contributed by atoms with Crippen molar-refractivity contribution in [3.05, 3.63) is 22.2 Å². The molecule has 8 heteroatoms. The summed E-state index contributed by atoms with van der Waals surface area (Å²) < 4.78 is 4.69. The molecule has 2 saturated heterocycles. The molecule has 0 radical (unpaired) electrons. The average Bonchev–Trinajstić information content (AvgIpc) is 3.15. The first kappa shape index (κ1) is 12.5. The first-order valence-corrected chi connectivity index (χ1v) is 7.14. The van der Waals surface area contributed by atoms with E-state index in [-0.39, 0.29) is 11.2 Å². The number of nitro groups is 1. The predicted molar refractivity (Wildman–Crippen MR) is 75.1 cm³/mol. The summed E-state index contributed by atoms with van der Waals surface area (Å²) in [6.45, 7) is 2.28. The lowest BCUT2D eigenvalue weighted by atomic mass is 10.1. The smallest absolute Gasteiger partial charge is 0.300 e. The molecule has 0 amide bonds. The maximum atomic E-state index is 11.0. The van der Waals surface area contributed by atoms with Gasteiger partial charge in [-0.25, -0.2) is 4.63 Å². The van der Waals surface area contributed by atoms with Gasteiger partial charge in [0, 0.05) is 24.7 Å². The average molecular weight is 289 g/mol. The molecule has 8 nitrogen and oxygen atoms in total. The van der Waals surface area contributed by atoms with E-state index in [1.165, 1.54) is 25.5 Å². The van der Waals surface area contributed by atoms with Crippen LogP contribution in [0.15, 0.2) is 16.8 Å². The van der Waals surface area contributed by atoms with Gasteiger partial charge < -0.3 is 5.32 Å². The summed E-state index contributed by atoms with van der Waals surface area (Å²) in [5.41, 5.74) is 1.31. The second kappa shape index (κ2) is 4.66. The van der Waals surface area contributed by atoms with Crippen LogP contribution >= 0.6 is 0 Å². The van der Waals surface area contributed by atoms with E-state index in [4.69, 9.17) is 4.63 Å². The largest absolute Gasteiger partial charge is 0.379 e. The first-order valence-electron chi connectivity index (χ1n) is 7.14. The van der Waals surface area contributed by atoms with Gasteiger partial charge in [-0.3, -0.25) is 15.0 Å². The summed E-state index contributed by atoms with van der Waals surface area (Å²) in [6.07, 6.45) is 3.52. The molecule has 2 aliphatic heterocycles. The fraction of sp³-hybridized carbons (Fsp3) is 0.538. The van der Waals surface area contributed by atoms with E-state index in [9.17, 15) is 10.1 Å². The number of hydrogen-bond acceptors (Lipinski definition) is 7. The summed E-state index contributed by atoms with van der Waals surface area (Å²) in [5.74, 6) is 0. The third kappa shape index (κ3) is 1.94. The van der Waals surface area contributed by atoms with E-state index in [1.807, 2.05) is 0 Å². The molecular formula is C13H15N5O3. The van der Waals surface area contributed by atoms with Gasteiger partial charge in [0.25, 0.3) is 0 Å². The summed E-state index contributed by atoms with van der Waals surface area (Å²) >= 11 is 0. The number of nitro benzene ring substituents is 1. The highest BCUT2D eigenvalue weighted by Gasteiger charge is 2.37. The van der Waals surface area contributed by atoms with Crippen molar-refractivity contribution in [2.24, 2.45) is 0 Å². The van der Waals surface area contributed by atoms with Crippen LogP contribution in [0.2, 0.25) is 0 Å². The topological polar surface area (TPSA) is 97.3 Å². The van der Waals surface area contributed by atoms with E-state index in [2.05, 4.69) is 20.5 Å². The maximum absolute atomic E-state index is 11.0. The van der Waals surface area contributed by atoms with Crippen molar-refractivity contribution in [1.82, 2.24) is 15.2 Å². The molecule has 0 bridgehead atoms. The maximum Gasteiger partial charge on any atom is 0.300 e. The number of benzene rings is 1. The van der Waals surface area contributed by atoms with Crippen LogP contribution in [0.4, 0.5) is 11.4 Å². The molecule has 1 aromatic carbocycles. The number of aromatic nitrogens is 2. The van der Waals surface area contributed by atoms with Crippen molar-refractivity contribution in [3.8, 4) is 0 Å². The van der Waals surface area contributed by atoms with Gasteiger partial charge in [0.05, 0.1) is 10.6 Å². The number of nitrogens with zero attached hydrogens (tertiary/aromatic N) is 4. The number of fused-ring (bicyclic) bond motifs is 2. The molecule has 2 atom stereocenters. The third-order valence-corrected chi connectivity index (χ3v) is 4.54. The Bertz CT molecular complexity index is 700. The first-order chi connectivity index (χ1) is 10.2. The number of hydrogen-bond donors (Lipinski definition) is 1. The van der Waals surface area contributed by atoms with Gasteiger partial charge in [-0.1, -0.05) is 0 Å². The molecule has 1 aromatic heterocycles. The van der Waals surface area contributed by atoms with Gasteiger partial charge in [-0.15, -0.1) is 0 Å². The van der Waals surface area contributed by atoms with Crippen molar-refractivity contribution in [1.29, 1.82) is 0 Å². The minimum absolute atomic E-state index is 0.0780. The van der Waals surface area contributed by atoms with E-state index < -0.39 is 4.92 Å². The lowest BCUT2D eigenvalue weighted by Gasteiger charge is -2.22. The second-order valence-electron chi connectivity index (χ2n) is 5.64. The standard InChI is InChI=1S/C13H15N5O3/c19-18(20)11-4-3-9(12-13(11)16-21-15-12)14-8-5-7-17-6-1-2-10(8)17/h3-4,8,10,14H,1-2,5-7H2. The molecule has 2 unspecified atom stereocenters. The monoisotopic (exact) mass is 289 g/mol. The minimum atomic E-state index is -0.468. The van der Waals surface area contributed by atoms with E-state index in [0.29, 0.717) is 17.6 Å². The van der Waals surface area contributed by atoms with E-state index >= 15 is 0 Å². The van der Waals surface area contributed by atoms with Crippen molar-refractivity contribution in [2.75, 3.05) is 18.4 Å². The Balaban J connectivity index is 1.67. The molecule has 2 fully saturated rings. The molecular weight excluding hydrogens is 274 g/mol. The highest BCUT2D eigenvalue weighted by Crippen LogP contribution is 2.33. The molecule has 0 spiro atoms. The van der Waals surface area contributed by atoms with Crippen LogP contribution in [0.1, 0.15) is 19.3 Å². The lowest BCUT2D eigenvalue weighted by molar-refractivity contribution is -0.383. The van der Waals surface area contributed by atoms with Crippen LogP contribution in [0.3, 0.4) is 0 Å². The van der Waals surface area contributed by atoms with Crippen molar-refractivity contribution >= 4 is 22.4 Å². The van der Waals surface area contributed by atoms with Crippen molar-refractivity contribution < 1.29 is 9.55 Å². The quantitative estimate of drug-likeness (QED) is 0.679. The fourth-order valence-electron chi connectivity index (χ4n) is 3.57. The van der Waals surface area contributed by atoms with E-state index in [0.717, 1.165) is 18.7 Å². The zero-order valence-corrected chi connectivity index (χ0v) is 11.4. The molecule has 110 valence electrons. The molecule has 2 aliphatic rings. The summed E-state index contributed by atoms with van der Waals surface area (Å²) in [5, 5.41) is 22.0. The summed E-state index contributed by atoms with van der Waals surface area (Å²) in [6, 6.07) is 4.06. The summed E-state index contributed by atoms with van der Waals surface area (Å²) in [7, 11) is 0. The van der Waals surface area contributed by atoms with Gasteiger partial charge in [-0.2, -0.15) is 0 Å². The Labute approximate surface area is 120 Å². The molecule has 4 rings (SSSR count). The highest BCUT2D eigenvalue weighted by atomic mass is 16.6. The molecule has 0 aliphatic carbocycles. The number of rotatable bonds is 3. The minimum Gasteiger partial charge on any atom is -0.379 e. The number of non-ortho nitro benzene ring substituents is 1. The van der Waals surface area contributed by atoms with Gasteiger partial charge in [0.15, 0.2) is 5.52 Å². The van der Waals surface area contributed by atoms with Crippen molar-refractivity contribution in [3.63, 3.8) is 0 Å². The van der Waals surface area contributed by atoms with Crippen LogP contribution in [-0.2, 0) is 0 Å². The Kier molecular flexibility index (Phi) is 2.78. The Morgan fingerprint density at radius 2 is 2.14 bits per heavy atom. The Morgan fingerprint density at radius 1 is 1.29 bits per heavy atom. The Morgan fingerprint density at radius 3 is 3.00 bits per heavy atom. The van der Waals surface area contributed by atoms with Crippen LogP contribution in [-0.4, -0.2) is 45.3 Å². The number of anilines is 1. The molecule has 21 heavy (non-hydrogen) atoms.